The van der Waals surface area contributed by atoms with Crippen LogP contribution >= 0.6 is 0 Å². The molecular weight excluding hydrogens is 369 g/mol. The highest BCUT2D eigenvalue weighted by Crippen LogP contribution is 2.51. The van der Waals surface area contributed by atoms with Gasteiger partial charge in [0.1, 0.15) is 11.0 Å². The van der Waals surface area contributed by atoms with E-state index in [-0.39, 0.29) is 11.9 Å². The minimum Gasteiger partial charge on any atom is -0.316 e. The number of aryl methyl sites for hydroxylation is 2. The molecule has 29 heavy (non-hydrogen) atoms. The Kier molecular flexibility index (Phi) is 3.42. The van der Waals surface area contributed by atoms with E-state index in [1.807, 2.05) is 32.2 Å². The van der Waals surface area contributed by atoms with Gasteiger partial charge in [0.15, 0.2) is 11.5 Å². The van der Waals surface area contributed by atoms with Gasteiger partial charge < -0.3 is 5.32 Å². The predicted octanol–water partition coefficient (Wildman–Crippen LogP) is 3.21. The molecule has 7 nitrogen and oxygen atoms in total. The summed E-state index contributed by atoms with van der Waals surface area (Å²) in [5, 5.41) is 17.2. The first kappa shape index (κ1) is 17.0. The Morgan fingerprint density at radius 2 is 2.00 bits per heavy atom. The lowest BCUT2D eigenvalue weighted by molar-refractivity contribution is 0.0668. The van der Waals surface area contributed by atoms with E-state index in [4.69, 9.17) is 0 Å². The third kappa shape index (κ3) is 2.58. The fourth-order valence-electron chi connectivity index (χ4n) is 4.94. The topological polar surface area (TPSA) is 72.9 Å². The normalized spacial score (nSPS) is 24.0. The number of halogens is 1. The first-order chi connectivity index (χ1) is 14.0. The third-order valence-corrected chi connectivity index (χ3v) is 6.48. The summed E-state index contributed by atoms with van der Waals surface area (Å²) < 4.78 is 16.6. The summed E-state index contributed by atoms with van der Waals surface area (Å²) in [6, 6.07) is 5.58. The maximum Gasteiger partial charge on any atom is 0.156 e. The monoisotopic (exact) mass is 391 g/mol. The molecule has 1 aliphatic heterocycles. The summed E-state index contributed by atoms with van der Waals surface area (Å²) >= 11 is 0. The number of hydrogen-bond acceptors (Lipinski definition) is 5. The second-order valence-electron chi connectivity index (χ2n) is 8.70. The minimum absolute atomic E-state index is 0.260. The van der Waals surface area contributed by atoms with E-state index in [1.165, 1.54) is 12.5 Å². The van der Waals surface area contributed by atoms with Crippen molar-refractivity contribution in [2.24, 2.45) is 5.41 Å². The second-order valence-corrected chi connectivity index (χ2v) is 8.70. The lowest BCUT2D eigenvalue weighted by Gasteiger charge is -2.43. The van der Waals surface area contributed by atoms with Crippen molar-refractivity contribution in [2.75, 3.05) is 13.1 Å². The van der Waals surface area contributed by atoms with Crippen LogP contribution in [0, 0.1) is 25.1 Å². The summed E-state index contributed by atoms with van der Waals surface area (Å²) in [6.45, 7) is 6.09. The van der Waals surface area contributed by atoms with Crippen molar-refractivity contribution in [2.45, 2.75) is 39.2 Å². The number of hydrogen-bond donors (Lipinski definition) is 1. The van der Waals surface area contributed by atoms with Crippen LogP contribution in [0.25, 0.3) is 27.9 Å². The molecule has 0 atom stereocenters. The van der Waals surface area contributed by atoms with Gasteiger partial charge in [-0.3, -0.25) is 0 Å². The van der Waals surface area contributed by atoms with Crippen LogP contribution in [-0.4, -0.2) is 42.7 Å². The molecule has 1 spiro atoms. The zero-order valence-electron chi connectivity index (χ0n) is 16.5. The molecule has 0 amide bonds. The maximum atomic E-state index is 14.9. The zero-order chi connectivity index (χ0) is 19.8. The standard InChI is InChI=1S/C21H22FN7/c1-12-5-17(25-28-10-13(2)24-20(12)28)14-6-16(22)19-18(7-14)26-29(27-19)15-8-21(9-15)3-4-23-11-21/h5-7,10,15,23H,3-4,8-9,11H2,1-2H3. The maximum absolute atomic E-state index is 14.9. The minimum atomic E-state index is -0.360. The summed E-state index contributed by atoms with van der Waals surface area (Å²) in [5.74, 6) is -0.360. The van der Waals surface area contributed by atoms with Crippen molar-refractivity contribution in [1.29, 1.82) is 0 Å². The molecular formula is C21H22FN7. The van der Waals surface area contributed by atoms with E-state index in [1.54, 1.807) is 9.31 Å². The Bertz CT molecular complexity index is 1260. The number of imidazole rings is 1. The van der Waals surface area contributed by atoms with Crippen molar-refractivity contribution in [3.8, 4) is 11.3 Å². The molecule has 1 saturated carbocycles. The molecule has 0 bridgehead atoms. The molecule has 3 aromatic heterocycles. The number of aromatic nitrogens is 6. The number of rotatable bonds is 2. The second kappa shape index (κ2) is 5.82. The van der Waals surface area contributed by atoms with E-state index < -0.39 is 0 Å². The highest BCUT2D eigenvalue weighted by atomic mass is 19.1. The van der Waals surface area contributed by atoms with Gasteiger partial charge in [-0.05, 0) is 68.8 Å². The first-order valence-corrected chi connectivity index (χ1v) is 10.1. The lowest BCUT2D eigenvalue weighted by atomic mass is 9.65. The van der Waals surface area contributed by atoms with E-state index in [0.717, 1.165) is 42.8 Å². The van der Waals surface area contributed by atoms with Gasteiger partial charge in [0, 0.05) is 12.1 Å². The van der Waals surface area contributed by atoms with Gasteiger partial charge in [0.05, 0.1) is 23.6 Å². The molecule has 4 heterocycles. The van der Waals surface area contributed by atoms with Gasteiger partial charge in [0.2, 0.25) is 0 Å². The fourth-order valence-corrected chi connectivity index (χ4v) is 4.94. The Hall–Kier alpha value is -2.87. The van der Waals surface area contributed by atoms with E-state index in [9.17, 15) is 4.39 Å². The van der Waals surface area contributed by atoms with Crippen LogP contribution in [0.3, 0.4) is 0 Å². The Morgan fingerprint density at radius 3 is 2.79 bits per heavy atom. The molecule has 148 valence electrons. The van der Waals surface area contributed by atoms with Crippen molar-refractivity contribution in [3.05, 3.63) is 41.5 Å². The number of fused-ring (bicyclic) bond motifs is 2. The van der Waals surface area contributed by atoms with Crippen molar-refractivity contribution in [1.82, 2.24) is 34.9 Å². The molecule has 0 unspecified atom stereocenters. The smallest absolute Gasteiger partial charge is 0.156 e. The molecule has 0 radical (unpaired) electrons. The van der Waals surface area contributed by atoms with Crippen LogP contribution in [0.2, 0.25) is 0 Å². The van der Waals surface area contributed by atoms with Crippen molar-refractivity contribution in [3.63, 3.8) is 0 Å². The third-order valence-electron chi connectivity index (χ3n) is 6.48. The Labute approximate surface area is 166 Å². The molecule has 1 saturated heterocycles. The number of nitrogens with one attached hydrogen (secondary N) is 1. The van der Waals surface area contributed by atoms with Gasteiger partial charge in [-0.1, -0.05) is 0 Å². The Morgan fingerprint density at radius 1 is 1.14 bits per heavy atom. The largest absolute Gasteiger partial charge is 0.316 e. The van der Waals surface area contributed by atoms with Gasteiger partial charge in [-0.2, -0.15) is 15.0 Å². The SMILES string of the molecule is Cc1cn2nc(-c3cc(F)c4nn(C5CC6(CCNC6)C5)nc4c3)cc(C)c2n1. The van der Waals surface area contributed by atoms with Gasteiger partial charge in [0.25, 0.3) is 0 Å². The summed E-state index contributed by atoms with van der Waals surface area (Å²) in [6.07, 6.45) is 5.21. The molecule has 8 heteroatoms. The van der Waals surface area contributed by atoms with Crippen LogP contribution < -0.4 is 5.32 Å². The van der Waals surface area contributed by atoms with Crippen molar-refractivity contribution >= 4 is 16.7 Å². The summed E-state index contributed by atoms with van der Waals surface area (Å²) in [7, 11) is 0. The first-order valence-electron chi connectivity index (χ1n) is 10.1. The molecule has 1 aromatic carbocycles. The predicted molar refractivity (Wildman–Crippen MR) is 107 cm³/mol. The van der Waals surface area contributed by atoms with E-state index >= 15 is 0 Å². The lowest BCUT2D eigenvalue weighted by Crippen LogP contribution is -2.40. The van der Waals surface area contributed by atoms with Crippen LogP contribution in [0.15, 0.2) is 24.4 Å². The summed E-state index contributed by atoms with van der Waals surface area (Å²) in [4.78, 5) is 6.20. The average molecular weight is 391 g/mol. The van der Waals surface area contributed by atoms with Crippen LogP contribution in [0.4, 0.5) is 4.39 Å². The number of benzene rings is 1. The van der Waals surface area contributed by atoms with E-state index in [0.29, 0.717) is 27.7 Å². The van der Waals surface area contributed by atoms with E-state index in [2.05, 4.69) is 25.6 Å². The van der Waals surface area contributed by atoms with Crippen molar-refractivity contribution < 1.29 is 4.39 Å². The molecule has 2 aliphatic rings. The van der Waals surface area contributed by atoms with Crippen LogP contribution in [0.5, 0.6) is 0 Å². The Balaban J connectivity index is 1.38. The molecule has 1 N–H and O–H groups in total. The fraction of sp³-hybridized carbons (Fsp3) is 0.429. The molecule has 4 aromatic rings. The summed E-state index contributed by atoms with van der Waals surface area (Å²) in [5.41, 5.74) is 5.41. The van der Waals surface area contributed by atoms with Crippen LogP contribution in [-0.2, 0) is 0 Å². The number of nitrogens with zero attached hydrogens (tertiary/aromatic N) is 6. The highest BCUT2D eigenvalue weighted by Gasteiger charge is 2.47. The molecule has 2 fully saturated rings. The zero-order valence-corrected chi connectivity index (χ0v) is 16.5. The molecule has 6 rings (SSSR count). The van der Waals surface area contributed by atoms with Gasteiger partial charge in [-0.15, -0.1) is 5.10 Å². The quantitative estimate of drug-likeness (QED) is 0.568. The van der Waals surface area contributed by atoms with Crippen LogP contribution in [0.1, 0.15) is 36.6 Å². The molecule has 1 aliphatic carbocycles. The van der Waals surface area contributed by atoms with Gasteiger partial charge >= 0.3 is 0 Å². The van der Waals surface area contributed by atoms with Gasteiger partial charge in [-0.25, -0.2) is 13.9 Å². The average Bonchev–Trinajstić information content (AvgIpc) is 3.37. The highest BCUT2D eigenvalue weighted by molar-refractivity contribution is 5.81.